The monoisotopic (exact) mass is 408 g/mol. The zero-order valence-electron chi connectivity index (χ0n) is 17.5. The summed E-state index contributed by atoms with van der Waals surface area (Å²) in [5.41, 5.74) is 6.72. The predicted octanol–water partition coefficient (Wildman–Crippen LogP) is -0.0797. The molecule has 0 radical (unpaired) electrons. The molecule has 4 heteroatoms. The number of fused-ring (bicyclic) bond motifs is 4. The van der Waals surface area contributed by atoms with Crippen molar-refractivity contribution in [3.8, 4) is 0 Å². The lowest BCUT2D eigenvalue weighted by Gasteiger charge is -2.03. The van der Waals surface area contributed by atoms with Gasteiger partial charge in [-0.15, -0.1) is 0 Å². The molecule has 2 aromatic carbocycles. The van der Waals surface area contributed by atoms with Gasteiger partial charge in [0, 0.05) is 43.3 Å². The number of hydrogen-bond acceptors (Lipinski definition) is 4. The van der Waals surface area contributed by atoms with Crippen LogP contribution in [0.1, 0.15) is 42.5 Å². The van der Waals surface area contributed by atoms with E-state index in [1.807, 2.05) is 38.1 Å². The van der Waals surface area contributed by atoms with Gasteiger partial charge < -0.3 is 0 Å². The van der Waals surface area contributed by atoms with E-state index in [-0.39, 0.29) is 23.1 Å². The third-order valence-electron chi connectivity index (χ3n) is 7.38. The van der Waals surface area contributed by atoms with Crippen molar-refractivity contribution in [3.63, 3.8) is 0 Å². The van der Waals surface area contributed by atoms with E-state index in [2.05, 4.69) is 0 Å². The number of benzene rings is 2. The van der Waals surface area contributed by atoms with Gasteiger partial charge in [0.05, 0.1) is 0 Å². The largest absolute Gasteiger partial charge is 0.294 e. The first-order valence-electron chi connectivity index (χ1n) is 10.7. The van der Waals surface area contributed by atoms with Crippen LogP contribution in [0.4, 0.5) is 0 Å². The molecule has 4 nitrogen and oxygen atoms in total. The summed E-state index contributed by atoms with van der Waals surface area (Å²) >= 11 is 0. The van der Waals surface area contributed by atoms with Crippen molar-refractivity contribution in [2.75, 3.05) is 0 Å². The molecular formula is C27H20O4. The van der Waals surface area contributed by atoms with Gasteiger partial charge in [0.1, 0.15) is 0 Å². The van der Waals surface area contributed by atoms with Gasteiger partial charge in [0.2, 0.25) is 0 Å². The molecule has 0 fully saturated rings. The fourth-order valence-electron chi connectivity index (χ4n) is 5.56. The number of rotatable bonds is 2. The van der Waals surface area contributed by atoms with Gasteiger partial charge >= 0.3 is 0 Å². The van der Waals surface area contributed by atoms with Gasteiger partial charge in [0.15, 0.2) is 23.1 Å². The molecule has 4 aliphatic carbocycles. The average Bonchev–Trinajstić information content (AvgIpc) is 3.38. The molecule has 0 saturated carbocycles. The van der Waals surface area contributed by atoms with Crippen LogP contribution in [-0.4, -0.2) is 23.1 Å². The summed E-state index contributed by atoms with van der Waals surface area (Å²) < 4.78 is 0. The van der Waals surface area contributed by atoms with Gasteiger partial charge in [-0.05, 0) is 80.3 Å². The molecule has 2 aromatic rings. The summed E-state index contributed by atoms with van der Waals surface area (Å²) in [5.74, 6) is 0.376. The molecule has 31 heavy (non-hydrogen) atoms. The Balaban J connectivity index is 1.54. The molecule has 0 N–H and O–H groups in total. The molecule has 0 unspecified atom stereocenters. The van der Waals surface area contributed by atoms with Crippen LogP contribution in [0.2, 0.25) is 0 Å². The molecule has 0 amide bonds. The number of carbonyl (C=O) groups is 4. The number of ketones is 4. The van der Waals surface area contributed by atoms with E-state index in [4.69, 9.17) is 0 Å². The van der Waals surface area contributed by atoms with Crippen LogP contribution in [0, 0.1) is 0 Å². The van der Waals surface area contributed by atoms with Crippen molar-refractivity contribution in [3.05, 3.63) is 67.4 Å². The first-order chi connectivity index (χ1) is 14.8. The second kappa shape index (κ2) is 6.07. The molecule has 0 aromatic heterocycles. The molecule has 0 spiro atoms. The smallest absolute Gasteiger partial charge is 0.164 e. The third-order valence-corrected chi connectivity index (χ3v) is 7.38. The Hall–Kier alpha value is -3.40. The second-order valence-corrected chi connectivity index (χ2v) is 9.12. The van der Waals surface area contributed by atoms with E-state index >= 15 is 0 Å². The maximum Gasteiger partial charge on any atom is 0.164 e. The Morgan fingerprint density at radius 3 is 1.26 bits per heavy atom. The fourth-order valence-corrected chi connectivity index (χ4v) is 5.56. The van der Waals surface area contributed by atoms with Crippen molar-refractivity contribution in [2.45, 2.75) is 46.0 Å². The summed E-state index contributed by atoms with van der Waals surface area (Å²) in [5, 5.41) is 3.69. The first-order valence-corrected chi connectivity index (χ1v) is 10.7. The SMILES string of the molecule is CC1=c2cc3c(cc2CC1=O)=C(CC1=c2cc4c(cc2CC1=O)=C(C)C(=O)C4)C(=O)C3. The molecule has 0 saturated heterocycles. The highest BCUT2D eigenvalue weighted by molar-refractivity contribution is 6.27. The van der Waals surface area contributed by atoms with Gasteiger partial charge in [-0.1, -0.05) is 12.1 Å². The van der Waals surface area contributed by atoms with Crippen LogP contribution in [0.15, 0.2) is 24.3 Å². The molecule has 152 valence electrons. The van der Waals surface area contributed by atoms with Crippen molar-refractivity contribution >= 4 is 45.4 Å². The van der Waals surface area contributed by atoms with E-state index in [1.54, 1.807) is 0 Å². The standard InChI is InChI=1S/C27H20O4/c1-12-18-3-16-9-26(30)22(20(16)5-14(18)7-24(12)28)11-23-21-6-15-8-25(29)13(2)19(15)4-17(21)10-27(23)31/h3-6H,7-11H2,1-2H3. The van der Waals surface area contributed by atoms with Crippen molar-refractivity contribution in [1.82, 2.24) is 0 Å². The maximum atomic E-state index is 12.9. The molecule has 4 aliphatic rings. The van der Waals surface area contributed by atoms with Crippen molar-refractivity contribution in [2.24, 2.45) is 0 Å². The van der Waals surface area contributed by atoms with Crippen LogP contribution in [0.25, 0.3) is 22.3 Å². The minimum Gasteiger partial charge on any atom is -0.294 e. The number of carbonyl (C=O) groups excluding carboxylic acids is 4. The average molecular weight is 408 g/mol. The third kappa shape index (κ3) is 2.48. The van der Waals surface area contributed by atoms with E-state index in [1.165, 1.54) is 0 Å². The van der Waals surface area contributed by atoms with Crippen molar-refractivity contribution < 1.29 is 19.2 Å². The summed E-state index contributed by atoms with van der Waals surface area (Å²) in [6, 6.07) is 7.95. The summed E-state index contributed by atoms with van der Waals surface area (Å²) in [4.78, 5) is 50.0. The van der Waals surface area contributed by atoms with Crippen LogP contribution in [-0.2, 0) is 44.9 Å². The molecule has 0 bridgehead atoms. The van der Waals surface area contributed by atoms with E-state index in [0.717, 1.165) is 54.3 Å². The lowest BCUT2D eigenvalue weighted by atomic mass is 9.99. The predicted molar refractivity (Wildman–Crippen MR) is 116 cm³/mol. The van der Waals surface area contributed by atoms with Crippen LogP contribution in [0.3, 0.4) is 0 Å². The van der Waals surface area contributed by atoms with Crippen molar-refractivity contribution in [1.29, 1.82) is 0 Å². The first kappa shape index (κ1) is 18.4. The maximum absolute atomic E-state index is 12.9. The topological polar surface area (TPSA) is 68.3 Å². The fraction of sp³-hybridized carbons (Fsp3) is 0.259. The Bertz CT molecular complexity index is 1460. The quantitative estimate of drug-likeness (QED) is 0.697. The Labute approximate surface area is 178 Å². The minimum absolute atomic E-state index is 0.0527. The van der Waals surface area contributed by atoms with E-state index < -0.39 is 0 Å². The van der Waals surface area contributed by atoms with Gasteiger partial charge in [-0.2, -0.15) is 0 Å². The minimum atomic E-state index is 0.0527. The molecular weight excluding hydrogens is 388 g/mol. The highest BCUT2D eigenvalue weighted by atomic mass is 16.1. The van der Waals surface area contributed by atoms with Crippen LogP contribution < -0.4 is 20.9 Å². The van der Waals surface area contributed by atoms with Gasteiger partial charge in [0.25, 0.3) is 0 Å². The Morgan fingerprint density at radius 1 is 0.516 bits per heavy atom. The van der Waals surface area contributed by atoms with Gasteiger partial charge in [-0.25, -0.2) is 0 Å². The normalized spacial score (nSPS) is 18.9. The van der Waals surface area contributed by atoms with E-state index in [9.17, 15) is 19.2 Å². The summed E-state index contributed by atoms with van der Waals surface area (Å²) in [6.45, 7) is 3.68. The lowest BCUT2D eigenvalue weighted by molar-refractivity contribution is -0.114. The Morgan fingerprint density at radius 2 is 0.839 bits per heavy atom. The molecule has 0 atom stereocenters. The number of hydrogen-bond donors (Lipinski definition) is 0. The number of Topliss-reactive ketones (excluding diaryl/α,β-unsaturated/α-hetero) is 4. The zero-order chi connectivity index (χ0) is 21.6. The van der Waals surface area contributed by atoms with E-state index in [0.29, 0.717) is 43.3 Å². The molecule has 0 heterocycles. The zero-order valence-corrected chi connectivity index (χ0v) is 17.5. The molecule has 0 aliphatic heterocycles. The highest BCUT2D eigenvalue weighted by Crippen LogP contribution is 2.25. The Kier molecular flexibility index (Phi) is 3.60. The highest BCUT2D eigenvalue weighted by Gasteiger charge is 2.30. The summed E-state index contributed by atoms with van der Waals surface area (Å²) in [7, 11) is 0. The summed E-state index contributed by atoms with van der Waals surface area (Å²) in [6.07, 6.45) is 1.71. The van der Waals surface area contributed by atoms with Crippen LogP contribution >= 0.6 is 0 Å². The van der Waals surface area contributed by atoms with Crippen LogP contribution in [0.5, 0.6) is 0 Å². The van der Waals surface area contributed by atoms with Gasteiger partial charge in [-0.3, -0.25) is 19.2 Å². The lowest BCUT2D eigenvalue weighted by Crippen LogP contribution is -2.18. The second-order valence-electron chi connectivity index (χ2n) is 9.12. The molecule has 6 rings (SSSR count).